The largest absolute Gasteiger partial charge is 0.0721 e. The topological polar surface area (TPSA) is 0 Å². The van der Waals surface area contributed by atoms with Gasteiger partial charge < -0.3 is 0 Å². The molecule has 0 aromatic rings. The van der Waals surface area contributed by atoms with Gasteiger partial charge in [0.2, 0.25) is 0 Å². The molecular formula is C27H81KSi12Sn. The minimum absolute atomic E-state index is 0. The van der Waals surface area contributed by atoms with E-state index in [1.807, 2.05) is 0 Å². The summed E-state index contributed by atoms with van der Waals surface area (Å²) in [6, 6.07) is 0. The van der Waals surface area contributed by atoms with Gasteiger partial charge >= 0.3 is 0 Å². The van der Waals surface area contributed by atoms with Crippen molar-refractivity contribution in [2.75, 3.05) is 0 Å². The second-order valence-electron chi connectivity index (χ2n) is 21.4. The Morgan fingerprint density at radius 1 is 0.195 bits per heavy atom. The van der Waals surface area contributed by atoms with E-state index in [0.717, 1.165) is 0 Å². The summed E-state index contributed by atoms with van der Waals surface area (Å²) in [7, 11) is -7.41. The molecule has 0 aliphatic heterocycles. The van der Waals surface area contributed by atoms with Crippen LogP contribution in [-0.2, 0) is 0 Å². The van der Waals surface area contributed by atoms with E-state index in [9.17, 15) is 0 Å². The normalized spacial score (nSPS) is 14.5. The fraction of sp³-hybridized carbons (Fsp3) is 1.00. The Morgan fingerprint density at radius 2 is 0.244 bits per heavy atom. The van der Waals surface area contributed by atoms with Gasteiger partial charge in [0, 0.05) is 166 Å². The molecule has 0 aromatic carbocycles. The van der Waals surface area contributed by atoms with Crippen molar-refractivity contribution >= 4 is 166 Å². The van der Waals surface area contributed by atoms with Crippen LogP contribution in [0.2, 0.25) is 177 Å². The predicted molar refractivity (Wildman–Crippen MR) is 239 cm³/mol. The molecule has 8 radical (unpaired) electrons. The summed E-state index contributed by atoms with van der Waals surface area (Å²) in [6.45, 7) is 70.4. The van der Waals surface area contributed by atoms with Gasteiger partial charge in [0.05, 0.1) is 0 Å². The molecule has 0 saturated carbocycles. The zero-order valence-electron chi connectivity index (χ0n) is 34.5. The first-order chi connectivity index (χ1) is 16.1. The van der Waals surface area contributed by atoms with Crippen LogP contribution in [0, 0.1) is 0 Å². The van der Waals surface area contributed by atoms with E-state index >= 15 is 0 Å². The smallest absolute Gasteiger partial charge is 0.0306 e. The Morgan fingerprint density at radius 3 is 0.244 bits per heavy atom. The summed E-state index contributed by atoms with van der Waals surface area (Å²) in [6.07, 6.45) is 0. The van der Waals surface area contributed by atoms with Gasteiger partial charge in [-0.05, 0) is 0 Å². The van der Waals surface area contributed by atoms with Crippen molar-refractivity contribution in [2.45, 2.75) is 177 Å². The van der Waals surface area contributed by atoms with Gasteiger partial charge in [0.25, 0.3) is 0 Å². The summed E-state index contributed by atoms with van der Waals surface area (Å²) in [5.74, 6) is 0. The molecule has 0 rings (SSSR count). The van der Waals surface area contributed by atoms with Crippen LogP contribution in [0.4, 0.5) is 0 Å². The molecule has 0 saturated heterocycles. The van der Waals surface area contributed by atoms with Gasteiger partial charge in [0.1, 0.15) is 0 Å². The number of hydrogen-bond acceptors (Lipinski definition) is 0. The summed E-state index contributed by atoms with van der Waals surface area (Å²) >= 11 is 0. The van der Waals surface area contributed by atoms with Gasteiger partial charge in [-0.1, -0.05) is 177 Å². The summed E-state index contributed by atoms with van der Waals surface area (Å²) in [5, 5.41) is 0. The standard InChI is InChI=1S/3C9H27Si4.K.Sn/c3*1-11(2,3)10(12(4,5)6)13(7,8)9;;/h3*1-9H3;;. The maximum absolute atomic E-state index is 2.61. The molecule has 0 heterocycles. The van der Waals surface area contributed by atoms with E-state index in [2.05, 4.69) is 177 Å². The van der Waals surface area contributed by atoms with Gasteiger partial charge in [0.15, 0.2) is 0 Å². The maximum Gasteiger partial charge on any atom is 0.0306 e. The summed E-state index contributed by atoms with van der Waals surface area (Å²) in [4.78, 5) is 0. The SMILES string of the molecule is C[Si](C)(C)[Si]([Si](C)(C)C)[Si](C)(C)C.C[Si](C)(C)[Si]([Si](C)(C)C)[Si](C)(C)C.C[Si](C)(C)[Si]([Si](C)(C)C)[Si](C)(C)C.[K].[Sn]. The van der Waals surface area contributed by atoms with E-state index in [4.69, 9.17) is 0 Å². The molecular weight excluding hydrogens is 819 g/mol. The van der Waals surface area contributed by atoms with Crippen molar-refractivity contribution in [3.63, 3.8) is 0 Å². The number of rotatable bonds is 9. The van der Waals surface area contributed by atoms with E-state index in [0.29, 0.717) is 0 Å². The zero-order chi connectivity index (χ0) is 33.2. The maximum atomic E-state index is 2.61. The molecule has 0 spiro atoms. The van der Waals surface area contributed by atoms with Crippen LogP contribution >= 0.6 is 0 Å². The molecule has 14 heteroatoms. The zero-order valence-corrected chi connectivity index (χ0v) is 52.5. The molecule has 0 atom stereocenters. The van der Waals surface area contributed by atoms with E-state index in [1.54, 1.807) is 0 Å². The Kier molecular flexibility index (Phi) is 25.5. The van der Waals surface area contributed by atoms with Gasteiger partial charge in [-0.3, -0.25) is 0 Å². The Bertz CT molecular complexity index is 516. The fourth-order valence-electron chi connectivity index (χ4n) is 10.1. The third kappa shape index (κ3) is 23.9. The Labute approximate surface area is 337 Å². The minimum Gasteiger partial charge on any atom is -0.0721 e. The molecule has 41 heavy (non-hydrogen) atoms. The van der Waals surface area contributed by atoms with Crippen molar-refractivity contribution in [3.8, 4) is 0 Å². The van der Waals surface area contributed by atoms with Crippen LogP contribution in [0.5, 0.6) is 0 Å². The summed E-state index contributed by atoms with van der Waals surface area (Å²) < 4.78 is 0. The Balaban J connectivity index is -0.000000154. The molecule has 0 aromatic heterocycles. The predicted octanol–water partition coefficient (Wildman–Crippen LogP) is 10.4. The van der Waals surface area contributed by atoms with Crippen LogP contribution in [0.15, 0.2) is 0 Å². The van der Waals surface area contributed by atoms with Gasteiger partial charge in [-0.15, -0.1) is 0 Å². The molecule has 242 valence electrons. The first-order valence-electron chi connectivity index (χ1n) is 15.8. The third-order valence-electron chi connectivity index (χ3n) is 6.75. The van der Waals surface area contributed by atoms with Crippen molar-refractivity contribution in [2.24, 2.45) is 0 Å². The molecule has 0 bridgehead atoms. The molecule has 0 aliphatic rings. The average molecular weight is 901 g/mol. The van der Waals surface area contributed by atoms with Crippen molar-refractivity contribution < 1.29 is 0 Å². The molecule has 0 N–H and O–H groups in total. The third-order valence-corrected chi connectivity index (χ3v) is 182. The summed E-state index contributed by atoms with van der Waals surface area (Å²) in [5.41, 5.74) is 0. The molecule has 0 aliphatic carbocycles. The monoisotopic (exact) mass is 900 g/mol. The molecule has 0 fully saturated rings. The van der Waals surface area contributed by atoms with Crippen molar-refractivity contribution in [1.29, 1.82) is 0 Å². The van der Waals surface area contributed by atoms with E-state index < -0.39 is 68.3 Å². The van der Waals surface area contributed by atoms with Crippen LogP contribution < -0.4 is 0 Å². The first kappa shape index (κ1) is 55.4. The molecule has 0 unspecified atom stereocenters. The quantitative estimate of drug-likeness (QED) is 0.202. The van der Waals surface area contributed by atoms with Crippen molar-refractivity contribution in [3.05, 3.63) is 0 Å². The van der Waals surface area contributed by atoms with Crippen LogP contribution in [0.1, 0.15) is 0 Å². The number of hydrogen-bond donors (Lipinski definition) is 0. The van der Waals surface area contributed by atoms with Crippen LogP contribution in [-0.4, -0.2) is 166 Å². The van der Waals surface area contributed by atoms with Crippen LogP contribution in [0.25, 0.3) is 0 Å². The van der Waals surface area contributed by atoms with Crippen molar-refractivity contribution in [1.82, 2.24) is 0 Å². The van der Waals surface area contributed by atoms with Crippen LogP contribution in [0.3, 0.4) is 0 Å². The molecule has 0 nitrogen and oxygen atoms in total. The minimum atomic E-state index is -0.832. The molecule has 0 amide bonds. The first-order valence-corrected chi connectivity index (χ1v) is 60.8. The van der Waals surface area contributed by atoms with Gasteiger partial charge in [-0.2, -0.15) is 0 Å². The Hall–Kier alpha value is 5.04. The fourth-order valence-corrected chi connectivity index (χ4v) is 273. The second kappa shape index (κ2) is 18.9. The van der Waals surface area contributed by atoms with Gasteiger partial charge in [-0.25, -0.2) is 0 Å². The average Bonchev–Trinajstić information content (AvgIpc) is 2.29. The second-order valence-corrected chi connectivity index (χ2v) is 132. The van der Waals surface area contributed by atoms with E-state index in [-0.39, 0.29) is 97.3 Å². The van der Waals surface area contributed by atoms with E-state index in [1.165, 1.54) is 0 Å².